The molecule has 0 atom stereocenters. The molecule has 0 aliphatic heterocycles. The van der Waals surface area contributed by atoms with Crippen LogP contribution in [0.1, 0.15) is 31.9 Å². The van der Waals surface area contributed by atoms with Crippen LogP contribution in [0.2, 0.25) is 0 Å². The molecule has 96 valence electrons. The van der Waals surface area contributed by atoms with Crippen molar-refractivity contribution >= 4 is 0 Å². The zero-order valence-electron chi connectivity index (χ0n) is 12.3. The molecule has 2 aromatic rings. The van der Waals surface area contributed by atoms with Gasteiger partial charge in [0.15, 0.2) is 0 Å². The van der Waals surface area contributed by atoms with Crippen LogP contribution in [0, 0.1) is 0 Å². The summed E-state index contributed by atoms with van der Waals surface area (Å²) in [5, 5.41) is 0. The molecule has 2 rings (SSSR count). The molecule has 18 heavy (non-hydrogen) atoms. The summed E-state index contributed by atoms with van der Waals surface area (Å²) in [5.41, 5.74) is 9.42. The lowest BCUT2D eigenvalue weighted by Crippen LogP contribution is -2.05. The van der Waals surface area contributed by atoms with E-state index in [4.69, 9.17) is 7.10 Å². The van der Waals surface area contributed by atoms with Crippen LogP contribution in [0.5, 0.6) is 0 Å². The molecule has 0 spiro atoms. The maximum absolute atomic E-state index is 7.62. The lowest BCUT2D eigenvalue weighted by Gasteiger charge is -2.08. The van der Waals surface area contributed by atoms with Gasteiger partial charge in [0.25, 0.3) is 0 Å². The van der Waals surface area contributed by atoms with Crippen molar-refractivity contribution in [2.45, 2.75) is 26.7 Å². The molecule has 1 heteroatoms. The fraction of sp³-hybridized carbons (Fsp3) is 0.294. The van der Waals surface area contributed by atoms with E-state index in [0.717, 1.165) is 12.8 Å². The van der Waals surface area contributed by atoms with Crippen molar-refractivity contribution in [2.24, 2.45) is 5.73 Å². The van der Waals surface area contributed by atoms with Gasteiger partial charge in [-0.2, -0.15) is 0 Å². The normalized spacial score (nSPS) is 10.3. The zero-order chi connectivity index (χ0) is 14.1. The Balaban J connectivity index is 0.000000861. The fourth-order valence-corrected chi connectivity index (χ4v) is 1.89. The smallest absolute Gasteiger partial charge is 0.0623 e. The fourth-order valence-electron chi connectivity index (χ4n) is 1.89. The summed E-state index contributed by atoms with van der Waals surface area (Å²) in [6.07, 6.45) is 1.79. The molecule has 0 aliphatic rings. The second kappa shape index (κ2) is 8.48. The Hall–Kier alpha value is -1.60. The topological polar surface area (TPSA) is 26.0 Å². The average Bonchev–Trinajstić information content (AvgIpc) is 2.44. The largest absolute Gasteiger partial charge is 0.330 e. The van der Waals surface area contributed by atoms with E-state index in [2.05, 4.69) is 30.3 Å². The van der Waals surface area contributed by atoms with E-state index in [1.165, 1.54) is 16.7 Å². The summed E-state index contributed by atoms with van der Waals surface area (Å²) >= 11 is 0. The van der Waals surface area contributed by atoms with Gasteiger partial charge in [-0.1, -0.05) is 68.4 Å². The van der Waals surface area contributed by atoms with Crippen molar-refractivity contribution in [1.29, 1.82) is 0 Å². The van der Waals surface area contributed by atoms with E-state index in [-0.39, 0.29) is 0 Å². The van der Waals surface area contributed by atoms with Crippen LogP contribution in [0.25, 0.3) is 0 Å². The maximum atomic E-state index is 7.62. The molecule has 0 radical (unpaired) electrons. The summed E-state index contributed by atoms with van der Waals surface area (Å²) in [5.74, 6) is 0. The van der Waals surface area contributed by atoms with E-state index in [9.17, 15) is 0 Å². The zero-order valence-corrected chi connectivity index (χ0v) is 11.3. The van der Waals surface area contributed by atoms with Crippen LogP contribution in [-0.4, -0.2) is 6.54 Å². The maximum Gasteiger partial charge on any atom is 0.0623 e. The second-order valence-corrected chi connectivity index (χ2v) is 3.90. The summed E-state index contributed by atoms with van der Waals surface area (Å²) < 4.78 is 7.62. The Morgan fingerprint density at radius 2 is 1.61 bits per heavy atom. The molecular formula is C17H23N. The summed E-state index contributed by atoms with van der Waals surface area (Å²) in [6, 6.07) is 16.7. The van der Waals surface area contributed by atoms with E-state index >= 15 is 0 Å². The molecule has 0 saturated carbocycles. The van der Waals surface area contributed by atoms with Crippen LogP contribution < -0.4 is 5.73 Å². The standard InChI is InChI=1S/C15H17N.C2H6/c16-11-10-14-8-4-5-9-15(14)12-13-6-2-1-3-7-13;1-2/h1-9H,10-12,16H2;1-2H3/i2D;. The first-order valence-electron chi connectivity index (χ1n) is 7.12. The molecule has 0 aromatic heterocycles. The van der Waals surface area contributed by atoms with Crippen molar-refractivity contribution in [3.8, 4) is 0 Å². The molecule has 1 nitrogen and oxygen atoms in total. The van der Waals surface area contributed by atoms with Crippen molar-refractivity contribution < 1.29 is 1.37 Å². The minimum atomic E-state index is 0.568. The third-order valence-corrected chi connectivity index (χ3v) is 2.70. The van der Waals surface area contributed by atoms with Crippen molar-refractivity contribution in [3.63, 3.8) is 0 Å². The number of benzene rings is 2. The molecule has 0 heterocycles. The molecule has 0 saturated heterocycles. The molecule has 0 fully saturated rings. The number of nitrogens with two attached hydrogens (primary N) is 1. The second-order valence-electron chi connectivity index (χ2n) is 3.90. The summed E-state index contributed by atoms with van der Waals surface area (Å²) in [7, 11) is 0. The van der Waals surface area contributed by atoms with Gasteiger partial charge >= 0.3 is 0 Å². The molecule has 0 amide bonds. The van der Waals surface area contributed by atoms with Gasteiger partial charge in [0.1, 0.15) is 0 Å². The van der Waals surface area contributed by atoms with E-state index in [0.29, 0.717) is 12.6 Å². The SMILES string of the molecule is CC.[2H]c1cccc(Cc2ccccc2CCN)c1. The van der Waals surface area contributed by atoms with Crippen LogP contribution in [0.3, 0.4) is 0 Å². The van der Waals surface area contributed by atoms with Crippen LogP contribution >= 0.6 is 0 Å². The van der Waals surface area contributed by atoms with Gasteiger partial charge in [0.05, 0.1) is 1.37 Å². The van der Waals surface area contributed by atoms with Crippen LogP contribution in [0.15, 0.2) is 54.6 Å². The number of hydrogen-bond acceptors (Lipinski definition) is 1. The first-order valence-corrected chi connectivity index (χ1v) is 6.62. The van der Waals surface area contributed by atoms with Crippen LogP contribution in [0.4, 0.5) is 0 Å². The monoisotopic (exact) mass is 242 g/mol. The van der Waals surface area contributed by atoms with Crippen molar-refractivity contribution in [1.82, 2.24) is 0 Å². The predicted molar refractivity (Wildman–Crippen MR) is 79.8 cm³/mol. The van der Waals surface area contributed by atoms with Crippen molar-refractivity contribution in [2.75, 3.05) is 6.54 Å². The van der Waals surface area contributed by atoms with E-state index in [1.807, 2.05) is 26.0 Å². The molecular weight excluding hydrogens is 218 g/mol. The Morgan fingerprint density at radius 1 is 0.944 bits per heavy atom. The number of hydrogen-bond donors (Lipinski definition) is 1. The Kier molecular flexibility index (Phi) is 6.06. The minimum absolute atomic E-state index is 0.568. The Labute approximate surface area is 112 Å². The van der Waals surface area contributed by atoms with Gasteiger partial charge in [-0.25, -0.2) is 0 Å². The highest BCUT2D eigenvalue weighted by molar-refractivity contribution is 5.32. The lowest BCUT2D eigenvalue weighted by atomic mass is 9.98. The van der Waals surface area contributed by atoms with Crippen molar-refractivity contribution in [3.05, 3.63) is 71.3 Å². The number of rotatable bonds is 4. The highest BCUT2D eigenvalue weighted by Crippen LogP contribution is 2.14. The first kappa shape index (κ1) is 12.8. The molecule has 2 N–H and O–H groups in total. The van der Waals surface area contributed by atoms with Gasteiger partial charge in [0, 0.05) is 0 Å². The highest BCUT2D eigenvalue weighted by atomic mass is 14.5. The highest BCUT2D eigenvalue weighted by Gasteiger charge is 2.01. The van der Waals surface area contributed by atoms with Gasteiger partial charge < -0.3 is 5.73 Å². The molecule has 2 aromatic carbocycles. The molecule has 0 bridgehead atoms. The third kappa shape index (κ3) is 4.34. The first-order chi connectivity index (χ1) is 9.29. The van der Waals surface area contributed by atoms with E-state index < -0.39 is 0 Å². The minimum Gasteiger partial charge on any atom is -0.330 e. The summed E-state index contributed by atoms with van der Waals surface area (Å²) in [4.78, 5) is 0. The Morgan fingerprint density at radius 3 is 2.28 bits per heavy atom. The third-order valence-electron chi connectivity index (χ3n) is 2.70. The molecule has 0 unspecified atom stereocenters. The van der Waals surface area contributed by atoms with E-state index in [1.54, 1.807) is 6.07 Å². The lowest BCUT2D eigenvalue weighted by molar-refractivity contribution is 0.946. The van der Waals surface area contributed by atoms with Crippen LogP contribution in [-0.2, 0) is 12.8 Å². The van der Waals surface area contributed by atoms with Gasteiger partial charge in [-0.05, 0) is 36.1 Å². The Bertz CT molecular complexity index is 494. The molecule has 0 aliphatic carbocycles. The predicted octanol–water partition coefficient (Wildman–Crippen LogP) is 3.80. The van der Waals surface area contributed by atoms with Gasteiger partial charge in [0.2, 0.25) is 0 Å². The van der Waals surface area contributed by atoms with Gasteiger partial charge in [-0.3, -0.25) is 0 Å². The quantitative estimate of drug-likeness (QED) is 0.867. The van der Waals surface area contributed by atoms with Gasteiger partial charge in [-0.15, -0.1) is 0 Å². The average molecular weight is 242 g/mol. The summed E-state index contributed by atoms with van der Waals surface area (Å²) in [6.45, 7) is 4.68.